The van der Waals surface area contributed by atoms with Crippen molar-refractivity contribution in [1.29, 1.82) is 0 Å². The molecule has 126 valence electrons. The lowest BCUT2D eigenvalue weighted by Crippen LogP contribution is -2.53. The smallest absolute Gasteiger partial charge is 0.306 e. The number of aliphatic hydroxyl groups excluding tert-OH is 1. The van der Waals surface area contributed by atoms with Gasteiger partial charge in [-0.25, -0.2) is 0 Å². The third-order valence-corrected chi connectivity index (χ3v) is 4.93. The van der Waals surface area contributed by atoms with Crippen LogP contribution in [0.25, 0.3) is 0 Å². The van der Waals surface area contributed by atoms with Gasteiger partial charge in [0.1, 0.15) is 18.5 Å². The van der Waals surface area contributed by atoms with Gasteiger partial charge in [0, 0.05) is 11.6 Å². The second-order valence-corrected chi connectivity index (χ2v) is 7.74. The van der Waals surface area contributed by atoms with Crippen LogP contribution in [-0.4, -0.2) is 34.9 Å². The molecule has 0 saturated heterocycles. The highest BCUT2D eigenvalue weighted by molar-refractivity contribution is 5.71. The lowest BCUT2D eigenvalue weighted by atomic mass is 9.79. The normalized spacial score (nSPS) is 30.1. The highest BCUT2D eigenvalue weighted by atomic mass is 16.5. The summed E-state index contributed by atoms with van der Waals surface area (Å²) in [6, 6.07) is 5.95. The van der Waals surface area contributed by atoms with Crippen LogP contribution in [0.1, 0.15) is 50.8 Å². The zero-order valence-corrected chi connectivity index (χ0v) is 13.9. The number of hydrogen-bond donors (Lipinski definition) is 3. The molecule has 1 heterocycles. The van der Waals surface area contributed by atoms with Crippen molar-refractivity contribution in [2.75, 3.05) is 6.61 Å². The first-order chi connectivity index (χ1) is 10.8. The number of benzene rings is 1. The number of carboxylic acid groups (broad SMARTS) is 1. The van der Waals surface area contributed by atoms with Gasteiger partial charge in [0.15, 0.2) is 0 Å². The summed E-state index contributed by atoms with van der Waals surface area (Å²) in [6.45, 7) is 6.84. The van der Waals surface area contributed by atoms with E-state index in [0.29, 0.717) is 19.4 Å². The van der Waals surface area contributed by atoms with Crippen molar-refractivity contribution in [3.63, 3.8) is 0 Å². The van der Waals surface area contributed by atoms with Gasteiger partial charge in [-0.2, -0.15) is 0 Å². The number of hydrogen-bond acceptors (Lipinski definition) is 4. The summed E-state index contributed by atoms with van der Waals surface area (Å²) in [5.74, 6) is -0.237. The minimum Gasteiger partial charge on any atom is -0.491 e. The highest BCUT2D eigenvalue weighted by Crippen LogP contribution is 2.37. The first-order valence-corrected chi connectivity index (χ1v) is 8.20. The van der Waals surface area contributed by atoms with Gasteiger partial charge in [-0.05, 0) is 29.9 Å². The van der Waals surface area contributed by atoms with Crippen molar-refractivity contribution in [2.45, 2.75) is 57.2 Å². The van der Waals surface area contributed by atoms with Gasteiger partial charge in [0.25, 0.3) is 0 Å². The predicted molar refractivity (Wildman–Crippen MR) is 86.7 cm³/mol. The van der Waals surface area contributed by atoms with Gasteiger partial charge in [-0.15, -0.1) is 0 Å². The maximum absolute atomic E-state index is 10.9. The molecular formula is C18H25NO4. The summed E-state index contributed by atoms with van der Waals surface area (Å²) in [5.41, 5.74) is 2.02. The van der Waals surface area contributed by atoms with Crippen molar-refractivity contribution in [1.82, 2.24) is 5.32 Å². The summed E-state index contributed by atoms with van der Waals surface area (Å²) in [7, 11) is 0. The number of carbonyl (C=O) groups is 1. The Balaban J connectivity index is 1.67. The number of aliphatic hydroxyl groups is 1. The molecule has 3 N–H and O–H groups in total. The molecule has 0 unspecified atom stereocenters. The average Bonchev–Trinajstić information content (AvgIpc) is 2.42. The summed E-state index contributed by atoms with van der Waals surface area (Å²) < 4.78 is 5.85. The van der Waals surface area contributed by atoms with E-state index in [2.05, 4.69) is 26.1 Å². The fraction of sp³-hybridized carbons (Fsp3) is 0.611. The minimum atomic E-state index is -0.733. The zero-order valence-electron chi connectivity index (χ0n) is 13.9. The average molecular weight is 319 g/mol. The molecule has 0 amide bonds. The fourth-order valence-corrected chi connectivity index (χ4v) is 3.26. The van der Waals surface area contributed by atoms with Gasteiger partial charge >= 0.3 is 5.97 Å². The van der Waals surface area contributed by atoms with Crippen LogP contribution in [0.5, 0.6) is 5.75 Å². The molecule has 23 heavy (non-hydrogen) atoms. The molecule has 0 spiro atoms. The zero-order chi connectivity index (χ0) is 16.8. The molecule has 2 aliphatic rings. The molecule has 0 aromatic heterocycles. The Bertz CT molecular complexity index is 602. The Morgan fingerprint density at radius 3 is 2.61 bits per heavy atom. The maximum atomic E-state index is 10.9. The molecule has 1 fully saturated rings. The third-order valence-electron chi connectivity index (χ3n) is 4.93. The lowest BCUT2D eigenvalue weighted by molar-refractivity contribution is -0.145. The Kier molecular flexibility index (Phi) is 4.10. The highest BCUT2D eigenvalue weighted by Gasteiger charge is 2.38. The quantitative estimate of drug-likeness (QED) is 0.796. The van der Waals surface area contributed by atoms with E-state index in [1.807, 2.05) is 18.2 Å². The van der Waals surface area contributed by atoms with Gasteiger partial charge in [-0.3, -0.25) is 4.79 Å². The van der Waals surface area contributed by atoms with Gasteiger partial charge in [0.05, 0.1) is 12.0 Å². The van der Waals surface area contributed by atoms with Crippen molar-refractivity contribution >= 4 is 5.97 Å². The van der Waals surface area contributed by atoms with Crippen molar-refractivity contribution in [2.24, 2.45) is 5.92 Å². The molecule has 1 aromatic carbocycles. The van der Waals surface area contributed by atoms with E-state index in [4.69, 9.17) is 9.84 Å². The van der Waals surface area contributed by atoms with Crippen LogP contribution in [0.4, 0.5) is 0 Å². The van der Waals surface area contributed by atoms with Crippen molar-refractivity contribution in [3.05, 3.63) is 29.3 Å². The molecule has 1 aliphatic heterocycles. The predicted octanol–water partition coefficient (Wildman–Crippen LogP) is 2.23. The van der Waals surface area contributed by atoms with E-state index in [1.165, 1.54) is 5.56 Å². The van der Waals surface area contributed by atoms with Crippen LogP contribution in [0, 0.1) is 5.92 Å². The van der Waals surface area contributed by atoms with E-state index >= 15 is 0 Å². The first kappa shape index (κ1) is 16.3. The third kappa shape index (κ3) is 3.21. The van der Waals surface area contributed by atoms with E-state index < -0.39 is 12.1 Å². The molecule has 0 radical (unpaired) electrons. The molecule has 3 rings (SSSR count). The van der Waals surface area contributed by atoms with Crippen molar-refractivity contribution < 1.29 is 19.7 Å². The van der Waals surface area contributed by atoms with Gasteiger partial charge in [-0.1, -0.05) is 32.9 Å². The maximum Gasteiger partial charge on any atom is 0.306 e. The van der Waals surface area contributed by atoms with E-state index in [-0.39, 0.29) is 23.4 Å². The number of fused-ring (bicyclic) bond motifs is 1. The summed E-state index contributed by atoms with van der Waals surface area (Å²) in [6.07, 6.45) is 0.611. The van der Waals surface area contributed by atoms with E-state index in [0.717, 1.165) is 11.3 Å². The van der Waals surface area contributed by atoms with Crippen LogP contribution in [0.2, 0.25) is 0 Å². The number of nitrogens with one attached hydrogen (secondary N) is 1. The van der Waals surface area contributed by atoms with E-state index in [1.54, 1.807) is 0 Å². The Hall–Kier alpha value is -1.59. The SMILES string of the molecule is CC(C)(C)c1ccc2c(c1)OC[C@H](N[C@H]1C[C@@H](C(=O)O)C1)[C@@H]2O. The Morgan fingerprint density at radius 1 is 1.30 bits per heavy atom. The van der Waals surface area contributed by atoms with Crippen LogP contribution < -0.4 is 10.1 Å². The Morgan fingerprint density at radius 2 is 2.00 bits per heavy atom. The molecule has 0 bridgehead atoms. The summed E-state index contributed by atoms with van der Waals surface area (Å²) in [4.78, 5) is 10.9. The van der Waals surface area contributed by atoms with Crippen LogP contribution in [0.3, 0.4) is 0 Å². The topological polar surface area (TPSA) is 78.8 Å². The minimum absolute atomic E-state index is 0.0379. The molecular weight excluding hydrogens is 294 g/mol. The second kappa shape index (κ2) is 5.80. The number of rotatable bonds is 3. The second-order valence-electron chi connectivity index (χ2n) is 7.74. The first-order valence-electron chi connectivity index (χ1n) is 8.20. The lowest BCUT2D eigenvalue weighted by Gasteiger charge is -2.39. The van der Waals surface area contributed by atoms with Crippen LogP contribution in [-0.2, 0) is 10.2 Å². The summed E-state index contributed by atoms with van der Waals surface area (Å²) in [5, 5.41) is 22.9. The van der Waals surface area contributed by atoms with E-state index in [9.17, 15) is 9.90 Å². The molecule has 2 atom stereocenters. The number of carboxylic acids is 1. The Labute approximate surface area is 136 Å². The van der Waals surface area contributed by atoms with Crippen LogP contribution in [0.15, 0.2) is 18.2 Å². The largest absolute Gasteiger partial charge is 0.491 e. The standard InChI is InChI=1S/C18H25NO4/c1-18(2,3)11-4-5-13-15(8-11)23-9-14(16(13)20)19-12-6-10(7-12)17(21)22/h4-5,8,10,12,14,16,19-20H,6-7,9H2,1-3H3,(H,21,22)/t10-,12+,14-,16+/m0/s1. The van der Waals surface area contributed by atoms with Crippen LogP contribution >= 0.6 is 0 Å². The van der Waals surface area contributed by atoms with Gasteiger partial charge in [0.2, 0.25) is 0 Å². The number of aliphatic carboxylic acids is 1. The molecule has 5 nitrogen and oxygen atoms in total. The van der Waals surface area contributed by atoms with Gasteiger partial charge < -0.3 is 20.3 Å². The molecule has 1 saturated carbocycles. The summed E-state index contributed by atoms with van der Waals surface area (Å²) >= 11 is 0. The molecule has 5 heteroatoms. The fourth-order valence-electron chi connectivity index (χ4n) is 3.26. The monoisotopic (exact) mass is 319 g/mol. The molecule has 1 aromatic rings. The van der Waals surface area contributed by atoms with Crippen molar-refractivity contribution in [3.8, 4) is 5.75 Å². The molecule has 1 aliphatic carbocycles. The number of ether oxygens (including phenoxy) is 1.